The zero-order chi connectivity index (χ0) is 17.1. The minimum atomic E-state index is -0.466. The molecule has 1 fully saturated rings. The summed E-state index contributed by atoms with van der Waals surface area (Å²) in [7, 11) is 1.39. The molecular weight excluding hydrogens is 316 g/mol. The molecular formula is C21H18O4. The van der Waals surface area contributed by atoms with Crippen molar-refractivity contribution in [2.24, 2.45) is 0 Å². The van der Waals surface area contributed by atoms with Crippen LogP contribution in [0, 0.1) is 0 Å². The quantitative estimate of drug-likeness (QED) is 0.721. The lowest BCUT2D eigenvalue weighted by Crippen LogP contribution is -2.25. The summed E-state index contributed by atoms with van der Waals surface area (Å²) in [5, 5.41) is 12.1. The van der Waals surface area contributed by atoms with Gasteiger partial charge in [-0.25, -0.2) is 4.79 Å². The third kappa shape index (κ3) is 1.94. The highest BCUT2D eigenvalue weighted by Crippen LogP contribution is 2.60. The second kappa shape index (κ2) is 5.20. The fourth-order valence-electron chi connectivity index (χ4n) is 4.81. The van der Waals surface area contributed by atoms with E-state index in [1.165, 1.54) is 12.7 Å². The predicted octanol–water partition coefficient (Wildman–Crippen LogP) is 3.95. The fourth-order valence-corrected chi connectivity index (χ4v) is 4.81. The molecule has 2 aromatic carbocycles. The Labute approximate surface area is 145 Å². The van der Waals surface area contributed by atoms with Crippen LogP contribution in [0.1, 0.15) is 51.2 Å². The average Bonchev–Trinajstić information content (AvgIpc) is 3.32. The topological polar surface area (TPSA) is 59.7 Å². The molecule has 0 aliphatic heterocycles. The number of fused-ring (bicyclic) bond motifs is 6. The number of esters is 1. The third-order valence-electron chi connectivity index (χ3n) is 5.90. The normalized spacial score (nSPS) is 26.8. The minimum Gasteiger partial charge on any atom is -0.465 e. The molecule has 126 valence electrons. The number of aliphatic hydroxyl groups is 1. The fraction of sp³-hybridized carbons (Fsp3) is 0.286. The van der Waals surface area contributed by atoms with Crippen LogP contribution in [0.4, 0.5) is 0 Å². The third-order valence-corrected chi connectivity index (χ3v) is 5.90. The first-order valence-electron chi connectivity index (χ1n) is 8.55. The molecule has 0 spiro atoms. The summed E-state index contributed by atoms with van der Waals surface area (Å²) in [6, 6.07) is 13.7. The second-order valence-corrected chi connectivity index (χ2v) is 6.99. The lowest BCUT2D eigenvalue weighted by Gasteiger charge is -2.29. The van der Waals surface area contributed by atoms with Crippen LogP contribution in [-0.2, 0) is 4.74 Å². The van der Waals surface area contributed by atoms with Crippen molar-refractivity contribution in [2.75, 3.05) is 7.11 Å². The molecule has 1 aromatic heterocycles. The van der Waals surface area contributed by atoms with E-state index in [9.17, 15) is 9.90 Å². The first kappa shape index (κ1) is 14.7. The van der Waals surface area contributed by atoms with E-state index < -0.39 is 6.10 Å². The van der Waals surface area contributed by atoms with Gasteiger partial charge in [-0.05, 0) is 41.7 Å². The van der Waals surface area contributed by atoms with Gasteiger partial charge < -0.3 is 14.3 Å². The molecule has 1 saturated carbocycles. The molecule has 2 bridgehead atoms. The van der Waals surface area contributed by atoms with Gasteiger partial charge in [-0.3, -0.25) is 0 Å². The van der Waals surface area contributed by atoms with Crippen molar-refractivity contribution in [1.29, 1.82) is 0 Å². The number of aliphatic hydroxyl groups excluding tert-OH is 1. The maximum atomic E-state index is 11.8. The highest BCUT2D eigenvalue weighted by Gasteiger charge is 2.51. The van der Waals surface area contributed by atoms with Gasteiger partial charge in [0.05, 0.1) is 25.0 Å². The van der Waals surface area contributed by atoms with Gasteiger partial charge in [0.15, 0.2) is 0 Å². The zero-order valence-corrected chi connectivity index (χ0v) is 13.8. The molecule has 1 unspecified atom stereocenters. The number of carbonyl (C=O) groups excluding carboxylic acids is 1. The smallest absolute Gasteiger partial charge is 0.337 e. The average molecular weight is 334 g/mol. The van der Waals surface area contributed by atoms with E-state index in [1.807, 2.05) is 42.5 Å². The molecule has 1 N–H and O–H groups in total. The Morgan fingerprint density at radius 2 is 1.96 bits per heavy atom. The Balaban J connectivity index is 1.60. The molecule has 25 heavy (non-hydrogen) atoms. The maximum absolute atomic E-state index is 11.8. The Bertz CT molecular complexity index is 986. The molecule has 0 amide bonds. The summed E-state index contributed by atoms with van der Waals surface area (Å²) >= 11 is 0. The van der Waals surface area contributed by atoms with Gasteiger partial charge in [-0.15, -0.1) is 0 Å². The molecule has 4 heteroatoms. The van der Waals surface area contributed by atoms with Crippen LogP contribution in [-0.4, -0.2) is 24.3 Å². The Hall–Kier alpha value is -2.59. The van der Waals surface area contributed by atoms with Gasteiger partial charge >= 0.3 is 5.97 Å². The molecule has 3 aromatic rings. The van der Waals surface area contributed by atoms with Crippen LogP contribution in [0.2, 0.25) is 0 Å². The largest absolute Gasteiger partial charge is 0.465 e. The van der Waals surface area contributed by atoms with E-state index in [4.69, 9.17) is 9.15 Å². The van der Waals surface area contributed by atoms with Gasteiger partial charge in [0, 0.05) is 22.8 Å². The van der Waals surface area contributed by atoms with Crippen molar-refractivity contribution in [3.8, 4) is 0 Å². The summed E-state index contributed by atoms with van der Waals surface area (Å²) < 4.78 is 10.5. The molecule has 0 saturated heterocycles. The number of ether oxygens (including phenoxy) is 1. The highest BCUT2D eigenvalue weighted by atomic mass is 16.5. The molecule has 2 aliphatic rings. The maximum Gasteiger partial charge on any atom is 0.337 e. The molecule has 5 rings (SSSR count). The van der Waals surface area contributed by atoms with Crippen LogP contribution in [0.5, 0.6) is 0 Å². The van der Waals surface area contributed by atoms with Crippen LogP contribution in [0.25, 0.3) is 11.0 Å². The van der Waals surface area contributed by atoms with Gasteiger partial charge in [0.25, 0.3) is 0 Å². The first-order chi connectivity index (χ1) is 12.2. The van der Waals surface area contributed by atoms with E-state index in [2.05, 4.69) is 0 Å². The summed E-state index contributed by atoms with van der Waals surface area (Å²) in [6.45, 7) is 0. The summed E-state index contributed by atoms with van der Waals surface area (Å²) in [5.74, 6) is 0.00791. The first-order valence-corrected chi connectivity index (χ1v) is 8.55. The van der Waals surface area contributed by atoms with Crippen LogP contribution < -0.4 is 0 Å². The molecule has 4 nitrogen and oxygen atoms in total. The predicted molar refractivity (Wildman–Crippen MR) is 92.8 cm³/mol. The number of para-hydroxylation sites is 1. The summed E-state index contributed by atoms with van der Waals surface area (Å²) in [5.41, 5.74) is 4.81. The lowest BCUT2D eigenvalue weighted by molar-refractivity contribution is 0.0600. The molecule has 4 atom stereocenters. The monoisotopic (exact) mass is 334 g/mol. The van der Waals surface area contributed by atoms with E-state index in [1.54, 1.807) is 6.26 Å². The van der Waals surface area contributed by atoms with Crippen molar-refractivity contribution in [3.05, 3.63) is 71.0 Å². The van der Waals surface area contributed by atoms with Crippen molar-refractivity contribution < 1.29 is 19.1 Å². The Kier molecular flexibility index (Phi) is 3.06. The number of carbonyl (C=O) groups is 1. The van der Waals surface area contributed by atoms with Crippen LogP contribution in [0.3, 0.4) is 0 Å². The Morgan fingerprint density at radius 1 is 1.12 bits per heavy atom. The number of benzene rings is 2. The highest BCUT2D eigenvalue weighted by molar-refractivity contribution is 5.90. The molecule has 2 aliphatic carbocycles. The standard InChI is InChI=1S/C21H18O4/c1-24-21(23)11-6-7-12-14(8-11)16-9-15(12)19(20(16)22)17-10-25-18-5-3-2-4-13(17)18/h2-8,10,15-16,19-20,22H,9H2,1H3/t15-,16+,19+,20?/m1/s1. The van der Waals surface area contributed by atoms with Crippen molar-refractivity contribution >= 4 is 16.9 Å². The SMILES string of the molecule is COC(=O)c1ccc2c(c1)[C@@H]1C[C@H]2[C@@H](c2coc3ccccc23)C1O. The van der Waals surface area contributed by atoms with E-state index in [0.29, 0.717) is 5.56 Å². The van der Waals surface area contributed by atoms with Crippen molar-refractivity contribution in [3.63, 3.8) is 0 Å². The Morgan fingerprint density at radius 3 is 2.80 bits per heavy atom. The van der Waals surface area contributed by atoms with Gasteiger partial charge in [-0.2, -0.15) is 0 Å². The number of hydrogen-bond acceptors (Lipinski definition) is 4. The zero-order valence-electron chi connectivity index (χ0n) is 13.8. The van der Waals surface area contributed by atoms with Crippen LogP contribution in [0.15, 0.2) is 53.1 Å². The van der Waals surface area contributed by atoms with Gasteiger partial charge in [-0.1, -0.05) is 24.3 Å². The van der Waals surface area contributed by atoms with E-state index in [0.717, 1.165) is 28.5 Å². The van der Waals surface area contributed by atoms with E-state index >= 15 is 0 Å². The minimum absolute atomic E-state index is 0.0325. The van der Waals surface area contributed by atoms with Crippen LogP contribution >= 0.6 is 0 Å². The molecule has 0 radical (unpaired) electrons. The summed E-state index contributed by atoms with van der Waals surface area (Å²) in [6.07, 6.45) is 2.24. The second-order valence-electron chi connectivity index (χ2n) is 6.99. The van der Waals surface area contributed by atoms with Crippen molar-refractivity contribution in [2.45, 2.75) is 30.3 Å². The lowest BCUT2D eigenvalue weighted by atomic mass is 9.77. The van der Waals surface area contributed by atoms with Crippen molar-refractivity contribution in [1.82, 2.24) is 0 Å². The number of methoxy groups -OCH3 is 1. The summed E-state index contributed by atoms with van der Waals surface area (Å²) in [4.78, 5) is 11.8. The number of furan rings is 1. The molecule has 1 heterocycles. The number of rotatable bonds is 2. The number of hydrogen-bond donors (Lipinski definition) is 1. The van der Waals surface area contributed by atoms with E-state index in [-0.39, 0.29) is 23.7 Å². The van der Waals surface area contributed by atoms with Gasteiger partial charge in [0.1, 0.15) is 5.58 Å². The van der Waals surface area contributed by atoms with Gasteiger partial charge in [0.2, 0.25) is 0 Å².